The highest BCUT2D eigenvalue weighted by Gasteiger charge is 2.26. The molecule has 0 amide bonds. The molecule has 2 nitrogen and oxygen atoms in total. The van der Waals surface area contributed by atoms with Crippen molar-refractivity contribution in [1.82, 2.24) is 0 Å². The first-order valence-corrected chi connectivity index (χ1v) is 3.23. The summed E-state index contributed by atoms with van der Waals surface area (Å²) < 4.78 is 62.7. The molecule has 0 atom stereocenters. The summed E-state index contributed by atoms with van der Waals surface area (Å²) in [5.74, 6) is -11.9. The van der Waals surface area contributed by atoms with E-state index in [1.165, 1.54) is 0 Å². The van der Waals surface area contributed by atoms with Gasteiger partial charge in [0.2, 0.25) is 5.82 Å². The van der Waals surface area contributed by atoms with Gasteiger partial charge in [0, 0.05) is 0 Å². The molecule has 0 aliphatic carbocycles. The first kappa shape index (κ1) is 10.4. The molecule has 0 heterocycles. The van der Waals surface area contributed by atoms with Gasteiger partial charge in [-0.2, -0.15) is 0 Å². The summed E-state index contributed by atoms with van der Waals surface area (Å²) in [6.45, 7) is 0. The Morgan fingerprint density at radius 1 is 0.786 bits per heavy atom. The van der Waals surface area contributed by atoms with Crippen molar-refractivity contribution < 1.29 is 22.0 Å². The van der Waals surface area contributed by atoms with Crippen LogP contribution in [0.3, 0.4) is 0 Å². The zero-order valence-electron chi connectivity index (χ0n) is 6.47. The van der Waals surface area contributed by atoms with E-state index in [1.807, 2.05) is 0 Å². The smallest absolute Gasteiger partial charge is 0.200 e. The molecule has 14 heavy (non-hydrogen) atoms. The van der Waals surface area contributed by atoms with Crippen LogP contribution in [-0.2, 0) is 0 Å². The lowest BCUT2D eigenvalue weighted by molar-refractivity contribution is 0.377. The summed E-state index contributed by atoms with van der Waals surface area (Å²) in [5, 5.41) is 6.62. The SMILES string of the molecule is N=C(N)c1c(F)c(F)c(F)c(F)c1F. The minimum Gasteiger partial charge on any atom is -0.384 e. The predicted octanol–water partition coefficient (Wildman–Crippen LogP) is 1.67. The Balaban J connectivity index is 3.68. The summed E-state index contributed by atoms with van der Waals surface area (Å²) >= 11 is 0. The lowest BCUT2D eigenvalue weighted by Crippen LogP contribution is -2.19. The van der Waals surface area contributed by atoms with Crippen molar-refractivity contribution in [3.63, 3.8) is 0 Å². The van der Waals surface area contributed by atoms with Crippen molar-refractivity contribution in [3.8, 4) is 0 Å². The van der Waals surface area contributed by atoms with E-state index >= 15 is 0 Å². The third kappa shape index (κ3) is 1.30. The molecule has 7 heteroatoms. The lowest BCUT2D eigenvalue weighted by atomic mass is 10.1. The van der Waals surface area contributed by atoms with Crippen LogP contribution in [0, 0.1) is 34.5 Å². The summed E-state index contributed by atoms with van der Waals surface area (Å²) in [6.07, 6.45) is 0. The van der Waals surface area contributed by atoms with Gasteiger partial charge >= 0.3 is 0 Å². The molecule has 0 aliphatic heterocycles. The van der Waals surface area contributed by atoms with Crippen LogP contribution < -0.4 is 5.73 Å². The van der Waals surface area contributed by atoms with Crippen LogP contribution in [0.4, 0.5) is 22.0 Å². The Kier molecular flexibility index (Phi) is 2.41. The number of rotatable bonds is 1. The van der Waals surface area contributed by atoms with Crippen molar-refractivity contribution in [2.24, 2.45) is 5.73 Å². The fraction of sp³-hybridized carbons (Fsp3) is 0. The molecule has 1 aromatic carbocycles. The summed E-state index contributed by atoms with van der Waals surface area (Å²) in [6, 6.07) is 0. The Hall–Kier alpha value is -1.66. The van der Waals surface area contributed by atoms with Crippen LogP contribution in [0.5, 0.6) is 0 Å². The second-order valence-corrected chi connectivity index (χ2v) is 2.36. The summed E-state index contributed by atoms with van der Waals surface area (Å²) in [4.78, 5) is 0. The minimum atomic E-state index is -2.27. The Bertz CT molecular complexity index is 386. The second-order valence-electron chi connectivity index (χ2n) is 2.36. The van der Waals surface area contributed by atoms with E-state index in [-0.39, 0.29) is 0 Å². The molecule has 76 valence electrons. The van der Waals surface area contributed by atoms with E-state index in [1.54, 1.807) is 0 Å². The molecule has 0 saturated carbocycles. The normalized spacial score (nSPS) is 10.4. The first-order chi connectivity index (χ1) is 6.37. The third-order valence-electron chi connectivity index (χ3n) is 1.48. The van der Waals surface area contributed by atoms with Gasteiger partial charge in [-0.05, 0) is 0 Å². The van der Waals surface area contributed by atoms with Gasteiger partial charge in [0.05, 0.1) is 5.56 Å². The summed E-state index contributed by atoms with van der Waals surface area (Å²) in [7, 11) is 0. The average molecular weight is 210 g/mol. The Morgan fingerprint density at radius 3 is 1.36 bits per heavy atom. The van der Waals surface area contributed by atoms with Gasteiger partial charge in [-0.25, -0.2) is 22.0 Å². The number of benzene rings is 1. The number of nitrogen functional groups attached to an aromatic ring is 1. The number of amidine groups is 1. The van der Waals surface area contributed by atoms with Gasteiger partial charge in [-0.15, -0.1) is 0 Å². The molecule has 0 aromatic heterocycles. The van der Waals surface area contributed by atoms with E-state index < -0.39 is 40.5 Å². The fourth-order valence-electron chi connectivity index (χ4n) is 0.841. The van der Waals surface area contributed by atoms with Crippen molar-refractivity contribution in [2.75, 3.05) is 0 Å². The maximum Gasteiger partial charge on any atom is 0.200 e. The molecule has 1 aromatic rings. The van der Waals surface area contributed by atoms with Gasteiger partial charge in [0.1, 0.15) is 5.84 Å². The lowest BCUT2D eigenvalue weighted by Gasteiger charge is -2.05. The number of nitrogens with one attached hydrogen (secondary N) is 1. The van der Waals surface area contributed by atoms with Gasteiger partial charge in [-0.3, -0.25) is 5.41 Å². The molecule has 0 fully saturated rings. The number of halogens is 5. The molecule has 0 saturated heterocycles. The van der Waals surface area contributed by atoms with Gasteiger partial charge < -0.3 is 5.73 Å². The molecular formula is C7H3F5N2. The highest BCUT2D eigenvalue weighted by Crippen LogP contribution is 2.22. The molecule has 0 radical (unpaired) electrons. The monoisotopic (exact) mass is 210 g/mol. The highest BCUT2D eigenvalue weighted by atomic mass is 19.2. The Morgan fingerprint density at radius 2 is 1.07 bits per heavy atom. The number of nitrogens with two attached hydrogens (primary N) is 1. The van der Waals surface area contributed by atoms with Crippen LogP contribution in [0.1, 0.15) is 5.56 Å². The molecule has 1 rings (SSSR count). The molecule has 3 N–H and O–H groups in total. The zero-order valence-corrected chi connectivity index (χ0v) is 6.47. The first-order valence-electron chi connectivity index (χ1n) is 3.23. The summed E-state index contributed by atoms with van der Waals surface area (Å²) in [5.41, 5.74) is 3.24. The van der Waals surface area contributed by atoms with E-state index in [2.05, 4.69) is 5.73 Å². The zero-order chi connectivity index (χ0) is 11.0. The molecule has 0 spiro atoms. The minimum absolute atomic E-state index is 1.22. The van der Waals surface area contributed by atoms with Crippen LogP contribution in [-0.4, -0.2) is 5.84 Å². The standard InChI is InChI=1S/C7H3F5N2/c8-2-1(7(13)14)3(9)5(11)6(12)4(2)10/h(H3,13,14). The van der Waals surface area contributed by atoms with Gasteiger partial charge in [0.15, 0.2) is 23.3 Å². The van der Waals surface area contributed by atoms with Crippen molar-refractivity contribution in [3.05, 3.63) is 34.6 Å². The molecular weight excluding hydrogens is 207 g/mol. The van der Waals surface area contributed by atoms with Gasteiger partial charge in [0.25, 0.3) is 0 Å². The van der Waals surface area contributed by atoms with Crippen LogP contribution in [0.25, 0.3) is 0 Å². The van der Waals surface area contributed by atoms with Crippen molar-refractivity contribution in [2.45, 2.75) is 0 Å². The second kappa shape index (κ2) is 3.24. The maximum atomic E-state index is 12.7. The van der Waals surface area contributed by atoms with E-state index in [0.29, 0.717) is 0 Å². The number of hydrogen-bond donors (Lipinski definition) is 2. The van der Waals surface area contributed by atoms with Crippen LogP contribution in [0.2, 0.25) is 0 Å². The van der Waals surface area contributed by atoms with E-state index in [4.69, 9.17) is 5.41 Å². The Labute approximate surface area is 74.6 Å². The fourth-order valence-corrected chi connectivity index (χ4v) is 0.841. The largest absolute Gasteiger partial charge is 0.384 e. The highest BCUT2D eigenvalue weighted by molar-refractivity contribution is 5.95. The maximum absolute atomic E-state index is 12.7. The van der Waals surface area contributed by atoms with Gasteiger partial charge in [-0.1, -0.05) is 0 Å². The predicted molar refractivity (Wildman–Crippen MR) is 37.2 cm³/mol. The molecule has 0 bridgehead atoms. The third-order valence-corrected chi connectivity index (χ3v) is 1.48. The molecule has 0 aliphatic rings. The quantitative estimate of drug-likeness (QED) is 0.239. The van der Waals surface area contributed by atoms with Crippen LogP contribution in [0.15, 0.2) is 0 Å². The van der Waals surface area contributed by atoms with E-state index in [0.717, 1.165) is 0 Å². The number of hydrogen-bond acceptors (Lipinski definition) is 1. The van der Waals surface area contributed by atoms with Crippen molar-refractivity contribution >= 4 is 5.84 Å². The topological polar surface area (TPSA) is 49.9 Å². The average Bonchev–Trinajstić information content (AvgIpc) is 2.11. The van der Waals surface area contributed by atoms with Crippen LogP contribution >= 0.6 is 0 Å². The van der Waals surface area contributed by atoms with E-state index in [9.17, 15) is 22.0 Å². The van der Waals surface area contributed by atoms with Crippen molar-refractivity contribution in [1.29, 1.82) is 5.41 Å². The molecule has 0 unspecified atom stereocenters.